The minimum Gasteiger partial charge on any atom is -0.345 e. The first-order valence-corrected chi connectivity index (χ1v) is 8.82. The lowest BCUT2D eigenvalue weighted by atomic mass is 10.1. The molecule has 1 aromatic carbocycles. The summed E-state index contributed by atoms with van der Waals surface area (Å²) in [5.41, 5.74) is -0.101. The van der Waals surface area contributed by atoms with Crippen LogP contribution in [0.1, 0.15) is 5.56 Å². The number of nitrogens with zero attached hydrogens (tertiary/aromatic N) is 5. The van der Waals surface area contributed by atoms with Crippen molar-refractivity contribution in [3.05, 3.63) is 54.9 Å². The highest BCUT2D eigenvalue weighted by Crippen LogP contribution is 2.38. The summed E-state index contributed by atoms with van der Waals surface area (Å²) < 4.78 is 38.7. The number of aromatic nitrogens is 2. The van der Waals surface area contributed by atoms with Crippen LogP contribution in [-0.2, 0) is 11.0 Å². The largest absolute Gasteiger partial charge is 0.416 e. The molecule has 3 heterocycles. The van der Waals surface area contributed by atoms with E-state index < -0.39 is 11.7 Å². The topological polar surface area (TPSA) is 52.6 Å². The maximum Gasteiger partial charge on any atom is 0.416 e. The maximum absolute atomic E-state index is 12.9. The van der Waals surface area contributed by atoms with E-state index in [9.17, 15) is 18.0 Å². The highest BCUT2D eigenvalue weighted by Gasteiger charge is 2.38. The molecule has 1 aromatic heterocycles. The molecule has 1 saturated heterocycles. The second kappa shape index (κ2) is 6.81. The van der Waals surface area contributed by atoms with Crippen LogP contribution in [0.4, 0.5) is 30.5 Å². The average Bonchev–Trinajstić information content (AvgIpc) is 2.71. The number of carbonyl (C=O) groups excluding carboxylic acids is 1. The summed E-state index contributed by atoms with van der Waals surface area (Å²) in [7, 11) is 0. The summed E-state index contributed by atoms with van der Waals surface area (Å²) in [5.74, 6) is 1.14. The Hall–Kier alpha value is -3.10. The Balaban J connectivity index is 1.68. The zero-order valence-corrected chi connectivity index (χ0v) is 14.9. The van der Waals surface area contributed by atoms with E-state index in [4.69, 9.17) is 0 Å². The monoisotopic (exact) mass is 389 g/mol. The van der Waals surface area contributed by atoms with Gasteiger partial charge in [0.05, 0.1) is 11.6 Å². The zero-order chi connectivity index (χ0) is 19.9. The van der Waals surface area contributed by atoms with Crippen LogP contribution in [0.3, 0.4) is 0 Å². The SMILES string of the molecule is C=CC(=O)N1CCN2c3nccnc3N(c3ccc(C(F)(F)F)cc3)C[C@@H]2C1. The highest BCUT2D eigenvalue weighted by atomic mass is 19.4. The third kappa shape index (κ3) is 3.17. The molecule has 1 atom stereocenters. The lowest BCUT2D eigenvalue weighted by Crippen LogP contribution is -2.60. The Morgan fingerprint density at radius 3 is 2.39 bits per heavy atom. The smallest absolute Gasteiger partial charge is 0.345 e. The number of alkyl halides is 3. The molecule has 2 aliphatic rings. The number of hydrogen-bond acceptors (Lipinski definition) is 5. The van der Waals surface area contributed by atoms with E-state index >= 15 is 0 Å². The predicted octanol–water partition coefficient (Wildman–Crippen LogP) is 2.85. The molecule has 2 aromatic rings. The number of hydrogen-bond donors (Lipinski definition) is 0. The second-order valence-corrected chi connectivity index (χ2v) is 6.69. The molecule has 1 amide bonds. The fourth-order valence-corrected chi connectivity index (χ4v) is 3.69. The van der Waals surface area contributed by atoms with Gasteiger partial charge in [-0.25, -0.2) is 9.97 Å². The molecule has 4 rings (SSSR count). The molecule has 0 bridgehead atoms. The van der Waals surface area contributed by atoms with Crippen molar-refractivity contribution in [1.29, 1.82) is 0 Å². The molecule has 0 saturated carbocycles. The molecule has 6 nitrogen and oxygen atoms in total. The van der Waals surface area contributed by atoms with E-state index in [1.165, 1.54) is 18.2 Å². The third-order valence-corrected chi connectivity index (χ3v) is 5.06. The van der Waals surface area contributed by atoms with Crippen LogP contribution >= 0.6 is 0 Å². The Labute approximate surface area is 159 Å². The quantitative estimate of drug-likeness (QED) is 0.740. The number of rotatable bonds is 2. The first kappa shape index (κ1) is 18.3. The van der Waals surface area contributed by atoms with Crippen molar-refractivity contribution >= 4 is 23.2 Å². The van der Waals surface area contributed by atoms with E-state index in [1.54, 1.807) is 17.3 Å². The summed E-state index contributed by atoms with van der Waals surface area (Å²) in [6, 6.07) is 4.95. The molecule has 0 radical (unpaired) electrons. The van der Waals surface area contributed by atoms with Crippen molar-refractivity contribution in [2.24, 2.45) is 0 Å². The summed E-state index contributed by atoms with van der Waals surface area (Å²) in [6.45, 7) is 5.67. The van der Waals surface area contributed by atoms with Crippen LogP contribution in [-0.4, -0.2) is 53.0 Å². The van der Waals surface area contributed by atoms with E-state index in [2.05, 4.69) is 21.4 Å². The Kier molecular flexibility index (Phi) is 4.44. The molecular weight excluding hydrogens is 371 g/mol. The van der Waals surface area contributed by atoms with Gasteiger partial charge in [0.1, 0.15) is 0 Å². The lowest BCUT2D eigenvalue weighted by Gasteiger charge is -2.47. The molecule has 28 heavy (non-hydrogen) atoms. The lowest BCUT2D eigenvalue weighted by molar-refractivity contribution is -0.137. The molecule has 2 aliphatic heterocycles. The van der Waals surface area contributed by atoms with Crippen LogP contribution in [0, 0.1) is 0 Å². The van der Waals surface area contributed by atoms with Gasteiger partial charge in [-0.3, -0.25) is 4.79 Å². The Morgan fingerprint density at radius 1 is 1.07 bits per heavy atom. The first-order valence-electron chi connectivity index (χ1n) is 8.82. The molecule has 146 valence electrons. The summed E-state index contributed by atoms with van der Waals surface area (Å²) >= 11 is 0. The fraction of sp³-hybridized carbons (Fsp3) is 0.316. The number of halogens is 3. The van der Waals surface area contributed by atoms with Crippen molar-refractivity contribution in [3.8, 4) is 0 Å². The van der Waals surface area contributed by atoms with Gasteiger partial charge in [-0.15, -0.1) is 0 Å². The Morgan fingerprint density at radius 2 is 1.75 bits per heavy atom. The van der Waals surface area contributed by atoms with Crippen molar-refractivity contribution in [2.45, 2.75) is 12.2 Å². The minimum absolute atomic E-state index is 0.0517. The molecular formula is C19H18F3N5O. The fourth-order valence-electron chi connectivity index (χ4n) is 3.69. The summed E-state index contributed by atoms with van der Waals surface area (Å²) in [4.78, 5) is 26.6. The summed E-state index contributed by atoms with van der Waals surface area (Å²) in [6.07, 6.45) is 0.0604. The summed E-state index contributed by atoms with van der Waals surface area (Å²) in [5, 5.41) is 0. The second-order valence-electron chi connectivity index (χ2n) is 6.69. The van der Waals surface area contributed by atoms with Crippen LogP contribution in [0.5, 0.6) is 0 Å². The molecule has 0 aliphatic carbocycles. The van der Waals surface area contributed by atoms with Gasteiger partial charge in [0.2, 0.25) is 5.91 Å². The van der Waals surface area contributed by atoms with Crippen LogP contribution in [0.15, 0.2) is 49.3 Å². The van der Waals surface area contributed by atoms with Crippen LogP contribution in [0.25, 0.3) is 0 Å². The number of anilines is 3. The molecule has 0 unspecified atom stereocenters. The van der Waals surface area contributed by atoms with Gasteiger partial charge in [-0.05, 0) is 30.3 Å². The molecule has 9 heteroatoms. The van der Waals surface area contributed by atoms with Crippen LogP contribution in [0.2, 0.25) is 0 Å². The van der Waals surface area contributed by atoms with Gasteiger partial charge < -0.3 is 14.7 Å². The van der Waals surface area contributed by atoms with E-state index in [-0.39, 0.29) is 11.9 Å². The van der Waals surface area contributed by atoms with Gasteiger partial charge in [0, 0.05) is 44.3 Å². The van der Waals surface area contributed by atoms with Crippen molar-refractivity contribution in [2.75, 3.05) is 36.0 Å². The molecule has 0 N–H and O–H groups in total. The molecule has 0 spiro atoms. The Bertz CT molecular complexity index is 899. The number of carbonyl (C=O) groups is 1. The van der Waals surface area contributed by atoms with Gasteiger partial charge in [0.15, 0.2) is 11.6 Å². The first-order chi connectivity index (χ1) is 13.4. The molecule has 1 fully saturated rings. The van der Waals surface area contributed by atoms with E-state index in [0.717, 1.165) is 12.1 Å². The maximum atomic E-state index is 12.9. The zero-order valence-electron chi connectivity index (χ0n) is 14.9. The van der Waals surface area contributed by atoms with Crippen LogP contribution < -0.4 is 9.80 Å². The highest BCUT2D eigenvalue weighted by molar-refractivity contribution is 5.87. The van der Waals surface area contributed by atoms with Gasteiger partial charge >= 0.3 is 6.18 Å². The number of fused-ring (bicyclic) bond motifs is 3. The van der Waals surface area contributed by atoms with Gasteiger partial charge in [-0.2, -0.15) is 13.2 Å². The average molecular weight is 389 g/mol. The van der Waals surface area contributed by atoms with Crippen molar-refractivity contribution < 1.29 is 18.0 Å². The third-order valence-electron chi connectivity index (χ3n) is 5.06. The number of amides is 1. The van der Waals surface area contributed by atoms with E-state index in [1.807, 2.05) is 4.90 Å². The predicted molar refractivity (Wildman–Crippen MR) is 98.4 cm³/mol. The standard InChI is InChI=1S/C19H18F3N5O/c1-2-16(28)25-9-10-26-15(11-25)12-27(18-17(26)23-7-8-24-18)14-5-3-13(4-6-14)19(20,21)22/h2-8,15H,1,9-12H2/t15-/m0/s1. The normalized spacial score (nSPS) is 19.1. The van der Waals surface area contributed by atoms with Gasteiger partial charge in [0.25, 0.3) is 0 Å². The number of piperazine rings is 1. The van der Waals surface area contributed by atoms with E-state index in [0.29, 0.717) is 43.5 Å². The minimum atomic E-state index is -4.39. The van der Waals surface area contributed by atoms with Crippen molar-refractivity contribution in [1.82, 2.24) is 14.9 Å². The van der Waals surface area contributed by atoms with Crippen molar-refractivity contribution in [3.63, 3.8) is 0 Å². The number of benzene rings is 1. The van der Waals surface area contributed by atoms with Gasteiger partial charge in [-0.1, -0.05) is 6.58 Å².